The van der Waals surface area contributed by atoms with Gasteiger partial charge in [0.05, 0.1) is 16.4 Å². The lowest BCUT2D eigenvalue weighted by atomic mass is 9.87. The third-order valence-electron chi connectivity index (χ3n) is 5.50. The molecular weight excluding hydrogens is 344 g/mol. The van der Waals surface area contributed by atoms with E-state index in [1.807, 2.05) is 25.1 Å². The predicted octanol–water partition coefficient (Wildman–Crippen LogP) is 4.00. The molecule has 136 valence electrons. The molecule has 0 spiro atoms. The highest BCUT2D eigenvalue weighted by atomic mass is 32.2. The molecule has 0 bridgehead atoms. The minimum absolute atomic E-state index is 0.0531. The highest BCUT2D eigenvalue weighted by Crippen LogP contribution is 2.42. The smallest absolute Gasteiger partial charge is 0.179 e. The lowest BCUT2D eigenvalue weighted by Crippen LogP contribution is -2.29. The molecule has 0 amide bonds. The zero-order valence-electron chi connectivity index (χ0n) is 15.2. The van der Waals surface area contributed by atoms with Crippen LogP contribution in [-0.4, -0.2) is 31.4 Å². The van der Waals surface area contributed by atoms with Crippen molar-refractivity contribution in [2.24, 2.45) is 0 Å². The summed E-state index contributed by atoms with van der Waals surface area (Å²) in [4.78, 5) is 7.52. The molecule has 4 nitrogen and oxygen atoms in total. The van der Waals surface area contributed by atoms with Gasteiger partial charge >= 0.3 is 0 Å². The number of rotatable bonds is 1. The van der Waals surface area contributed by atoms with Crippen molar-refractivity contribution in [1.29, 1.82) is 0 Å². The van der Waals surface area contributed by atoms with Crippen molar-refractivity contribution in [3.63, 3.8) is 0 Å². The van der Waals surface area contributed by atoms with Crippen LogP contribution < -0.4 is 0 Å². The van der Waals surface area contributed by atoms with Crippen molar-refractivity contribution in [2.45, 2.75) is 38.4 Å². The van der Waals surface area contributed by atoms with Crippen molar-refractivity contribution >= 4 is 15.4 Å². The van der Waals surface area contributed by atoms with E-state index in [4.69, 9.17) is 0 Å². The summed E-state index contributed by atoms with van der Waals surface area (Å²) in [6.07, 6.45) is 9.09. The van der Waals surface area contributed by atoms with E-state index in [9.17, 15) is 8.42 Å². The Morgan fingerprint density at radius 2 is 2.00 bits per heavy atom. The van der Waals surface area contributed by atoms with Gasteiger partial charge in [0.1, 0.15) is 0 Å². The van der Waals surface area contributed by atoms with Gasteiger partial charge in [-0.25, -0.2) is 8.42 Å². The van der Waals surface area contributed by atoms with E-state index < -0.39 is 9.84 Å². The first-order valence-electron chi connectivity index (χ1n) is 9.17. The van der Waals surface area contributed by atoms with E-state index >= 15 is 0 Å². The molecule has 1 aromatic heterocycles. The Hall–Kier alpha value is -2.14. The highest BCUT2D eigenvalue weighted by Gasteiger charge is 2.33. The summed E-state index contributed by atoms with van der Waals surface area (Å²) >= 11 is 0. The SMILES string of the molecule is C=C(C)N1CCC(=C2C3=C(CCC=C3)S(=O)(=O)Cc3cccnc32)CC1. The van der Waals surface area contributed by atoms with Crippen LogP contribution >= 0.6 is 0 Å². The molecule has 0 atom stereocenters. The second-order valence-electron chi connectivity index (χ2n) is 7.25. The maximum Gasteiger partial charge on any atom is 0.179 e. The summed E-state index contributed by atoms with van der Waals surface area (Å²) in [6.45, 7) is 7.94. The minimum atomic E-state index is -3.30. The van der Waals surface area contributed by atoms with E-state index in [0.29, 0.717) is 11.3 Å². The number of allylic oxidation sites excluding steroid dienone is 6. The summed E-state index contributed by atoms with van der Waals surface area (Å²) in [7, 11) is -3.30. The molecule has 1 fully saturated rings. The summed E-state index contributed by atoms with van der Waals surface area (Å²) in [5, 5.41) is 0. The van der Waals surface area contributed by atoms with E-state index in [1.165, 1.54) is 5.57 Å². The van der Waals surface area contributed by atoms with Gasteiger partial charge in [-0.15, -0.1) is 0 Å². The number of hydrogen-bond acceptors (Lipinski definition) is 4. The summed E-state index contributed by atoms with van der Waals surface area (Å²) in [6, 6.07) is 3.74. The fourth-order valence-electron chi connectivity index (χ4n) is 4.15. The monoisotopic (exact) mass is 368 g/mol. The fourth-order valence-corrected chi connectivity index (χ4v) is 5.91. The molecule has 4 rings (SSSR count). The molecule has 1 saturated heterocycles. The number of likely N-dealkylation sites (tertiary alicyclic amines) is 1. The predicted molar refractivity (Wildman–Crippen MR) is 105 cm³/mol. The molecule has 5 heteroatoms. The minimum Gasteiger partial charge on any atom is -0.375 e. The number of hydrogen-bond donors (Lipinski definition) is 0. The molecule has 3 aliphatic rings. The van der Waals surface area contributed by atoms with Crippen LogP contribution in [-0.2, 0) is 15.6 Å². The maximum atomic E-state index is 13.0. The van der Waals surface area contributed by atoms with Crippen molar-refractivity contribution in [2.75, 3.05) is 13.1 Å². The van der Waals surface area contributed by atoms with E-state index in [1.54, 1.807) is 6.20 Å². The summed E-state index contributed by atoms with van der Waals surface area (Å²) < 4.78 is 26.0. The largest absolute Gasteiger partial charge is 0.375 e. The molecule has 3 heterocycles. The van der Waals surface area contributed by atoms with Crippen molar-refractivity contribution in [3.05, 3.63) is 70.1 Å². The average molecular weight is 369 g/mol. The molecule has 0 saturated carbocycles. The zero-order chi connectivity index (χ0) is 18.3. The first kappa shape index (κ1) is 17.3. The molecule has 26 heavy (non-hydrogen) atoms. The Bertz CT molecular complexity index is 957. The van der Waals surface area contributed by atoms with Gasteiger partial charge in [-0.3, -0.25) is 4.98 Å². The number of aromatic nitrogens is 1. The zero-order valence-corrected chi connectivity index (χ0v) is 16.0. The van der Waals surface area contributed by atoms with Crippen LogP contribution in [0.3, 0.4) is 0 Å². The second kappa shape index (κ2) is 6.54. The molecule has 1 aromatic rings. The van der Waals surface area contributed by atoms with Gasteiger partial charge in [-0.05, 0) is 49.8 Å². The lowest BCUT2D eigenvalue weighted by molar-refractivity contribution is 0.324. The van der Waals surface area contributed by atoms with E-state index in [-0.39, 0.29) is 5.75 Å². The van der Waals surface area contributed by atoms with Crippen LogP contribution in [0.1, 0.15) is 43.9 Å². The van der Waals surface area contributed by atoms with Crippen LogP contribution in [0.4, 0.5) is 0 Å². The quantitative estimate of drug-likeness (QED) is 0.752. The first-order chi connectivity index (χ1) is 12.5. The van der Waals surface area contributed by atoms with Crippen molar-refractivity contribution < 1.29 is 8.42 Å². The average Bonchev–Trinajstić information content (AvgIpc) is 2.73. The van der Waals surface area contributed by atoms with Gasteiger partial charge in [0.2, 0.25) is 0 Å². The first-order valence-corrected chi connectivity index (χ1v) is 10.8. The van der Waals surface area contributed by atoms with Crippen LogP contribution in [0.5, 0.6) is 0 Å². The third kappa shape index (κ3) is 2.94. The van der Waals surface area contributed by atoms with E-state index in [0.717, 1.165) is 60.5 Å². The van der Waals surface area contributed by atoms with Crippen molar-refractivity contribution in [3.8, 4) is 0 Å². The Morgan fingerprint density at radius 3 is 2.73 bits per heavy atom. The molecule has 1 aliphatic carbocycles. The number of nitrogens with zero attached hydrogens (tertiary/aromatic N) is 2. The normalized spacial score (nSPS) is 22.0. The number of fused-ring (bicyclic) bond motifs is 1. The van der Waals surface area contributed by atoms with Crippen molar-refractivity contribution in [1.82, 2.24) is 9.88 Å². The maximum absolute atomic E-state index is 13.0. The summed E-state index contributed by atoms with van der Waals surface area (Å²) in [5.74, 6) is 0.0531. The lowest BCUT2D eigenvalue weighted by Gasteiger charge is -2.32. The Labute approximate surface area is 155 Å². The Kier molecular flexibility index (Phi) is 4.35. The highest BCUT2D eigenvalue weighted by molar-refractivity contribution is 7.94. The molecule has 0 radical (unpaired) electrons. The summed E-state index contributed by atoms with van der Waals surface area (Å²) in [5.41, 5.74) is 6.03. The van der Waals surface area contributed by atoms with Crippen LogP contribution in [0, 0.1) is 0 Å². The number of sulfone groups is 1. The van der Waals surface area contributed by atoms with Crippen LogP contribution in [0.15, 0.2) is 58.8 Å². The van der Waals surface area contributed by atoms with Crippen LogP contribution in [0.2, 0.25) is 0 Å². The molecular formula is C21H24N2O2S. The standard InChI is InChI=1S/C21H24N2O2S/c1-15(2)23-12-9-16(10-13-23)20-18-7-3-4-8-19(18)26(24,25)14-17-6-5-11-22-21(17)20/h3,5-7,11H,1,4,8-10,12-14H2,2H3. The molecule has 0 aromatic carbocycles. The second-order valence-corrected chi connectivity index (χ2v) is 9.26. The molecule has 0 N–H and O–H groups in total. The fraction of sp³-hybridized carbons (Fsp3) is 0.381. The molecule has 2 aliphatic heterocycles. The van der Waals surface area contributed by atoms with Gasteiger partial charge in [0.15, 0.2) is 9.84 Å². The number of piperidine rings is 1. The van der Waals surface area contributed by atoms with Gasteiger partial charge in [-0.2, -0.15) is 0 Å². The Balaban J connectivity index is 1.92. The van der Waals surface area contributed by atoms with Gasteiger partial charge in [0, 0.05) is 30.6 Å². The topological polar surface area (TPSA) is 50.3 Å². The van der Waals surface area contributed by atoms with Crippen LogP contribution in [0.25, 0.3) is 5.57 Å². The van der Waals surface area contributed by atoms with Gasteiger partial charge in [0.25, 0.3) is 0 Å². The van der Waals surface area contributed by atoms with E-state index in [2.05, 4.69) is 22.5 Å². The number of pyridine rings is 1. The Morgan fingerprint density at radius 1 is 1.23 bits per heavy atom. The van der Waals surface area contributed by atoms with Gasteiger partial charge in [-0.1, -0.05) is 30.4 Å². The molecule has 0 unspecified atom stereocenters. The van der Waals surface area contributed by atoms with Gasteiger partial charge < -0.3 is 4.90 Å². The third-order valence-corrected chi connectivity index (χ3v) is 7.37.